The largest absolute Gasteiger partial charge is 0.378 e. The molecule has 3 heterocycles. The summed E-state index contributed by atoms with van der Waals surface area (Å²) >= 11 is 0. The Bertz CT molecular complexity index is 583. The number of carbonyl (C=O) groups is 1. The molecule has 2 bridgehead atoms. The van der Waals surface area contributed by atoms with E-state index in [9.17, 15) is 4.79 Å². The Labute approximate surface area is 143 Å². The average molecular weight is 330 g/mol. The Morgan fingerprint density at radius 1 is 1.17 bits per heavy atom. The third-order valence-electron chi connectivity index (χ3n) is 5.40. The summed E-state index contributed by atoms with van der Waals surface area (Å²) in [5.74, 6) is 0.291. The molecule has 130 valence electrons. The molecule has 3 aliphatic rings. The van der Waals surface area contributed by atoms with Crippen LogP contribution in [0.2, 0.25) is 0 Å². The summed E-state index contributed by atoms with van der Waals surface area (Å²) < 4.78 is 11.4. The molecule has 0 unspecified atom stereocenters. The molecule has 0 radical (unpaired) electrons. The molecule has 3 atom stereocenters. The molecular formula is C19H26N2O3. The van der Waals surface area contributed by atoms with Gasteiger partial charge in [-0.3, -0.25) is 9.69 Å². The van der Waals surface area contributed by atoms with Crippen LogP contribution < -0.4 is 0 Å². The van der Waals surface area contributed by atoms with E-state index < -0.39 is 0 Å². The summed E-state index contributed by atoms with van der Waals surface area (Å²) in [6.07, 6.45) is 1.11. The van der Waals surface area contributed by atoms with Gasteiger partial charge in [0.2, 0.25) is 5.91 Å². The summed E-state index contributed by atoms with van der Waals surface area (Å²) in [4.78, 5) is 17.2. The standard InChI is InChI=1S/C19H26N2O3/c1-14-2-4-15(5-3-14)11-20-12-16-10-17(18(13-20)24-16)19(22)21-6-8-23-9-7-21/h2-5,16-18H,6-13H2,1H3/t16-,17+,18-/m1/s1. The van der Waals surface area contributed by atoms with Crippen LogP contribution >= 0.6 is 0 Å². The minimum absolute atomic E-state index is 0.0242. The highest BCUT2D eigenvalue weighted by atomic mass is 16.5. The van der Waals surface area contributed by atoms with Gasteiger partial charge in [-0.2, -0.15) is 0 Å². The lowest BCUT2D eigenvalue weighted by Gasteiger charge is -2.34. The number of ether oxygens (including phenoxy) is 2. The Morgan fingerprint density at radius 3 is 2.67 bits per heavy atom. The topological polar surface area (TPSA) is 42.0 Å². The van der Waals surface area contributed by atoms with Crippen molar-refractivity contribution in [3.05, 3.63) is 35.4 Å². The molecule has 1 amide bonds. The van der Waals surface area contributed by atoms with Crippen LogP contribution in [0.3, 0.4) is 0 Å². The second-order valence-electron chi connectivity index (χ2n) is 7.26. The van der Waals surface area contributed by atoms with Crippen LogP contribution in [0.4, 0.5) is 0 Å². The van der Waals surface area contributed by atoms with Gasteiger partial charge in [0.1, 0.15) is 0 Å². The molecule has 0 N–H and O–H groups in total. The molecule has 0 spiro atoms. The van der Waals surface area contributed by atoms with Crippen LogP contribution in [0.25, 0.3) is 0 Å². The van der Waals surface area contributed by atoms with Crippen molar-refractivity contribution < 1.29 is 14.3 Å². The van der Waals surface area contributed by atoms with E-state index in [1.165, 1.54) is 11.1 Å². The van der Waals surface area contributed by atoms with Gasteiger partial charge in [-0.05, 0) is 18.9 Å². The number of hydrogen-bond donors (Lipinski definition) is 0. The second-order valence-corrected chi connectivity index (χ2v) is 7.26. The van der Waals surface area contributed by atoms with Crippen LogP contribution in [0.15, 0.2) is 24.3 Å². The van der Waals surface area contributed by atoms with Crippen molar-refractivity contribution in [1.29, 1.82) is 0 Å². The van der Waals surface area contributed by atoms with Crippen LogP contribution in [0.5, 0.6) is 0 Å². The highest BCUT2D eigenvalue weighted by Crippen LogP contribution is 2.34. The lowest BCUT2D eigenvalue weighted by molar-refractivity contribution is -0.142. The zero-order valence-electron chi connectivity index (χ0n) is 14.3. The molecule has 3 fully saturated rings. The van der Waals surface area contributed by atoms with Crippen molar-refractivity contribution in [1.82, 2.24) is 9.80 Å². The number of aryl methyl sites for hydroxylation is 1. The highest BCUT2D eigenvalue weighted by Gasteiger charge is 2.45. The van der Waals surface area contributed by atoms with Crippen molar-refractivity contribution in [2.24, 2.45) is 5.92 Å². The highest BCUT2D eigenvalue weighted by molar-refractivity contribution is 5.80. The molecular weight excluding hydrogens is 304 g/mol. The molecule has 24 heavy (non-hydrogen) atoms. The Morgan fingerprint density at radius 2 is 1.92 bits per heavy atom. The van der Waals surface area contributed by atoms with Gasteiger partial charge in [-0.25, -0.2) is 0 Å². The molecule has 5 heteroatoms. The fraction of sp³-hybridized carbons (Fsp3) is 0.632. The minimum atomic E-state index is 0.0242. The van der Waals surface area contributed by atoms with Crippen LogP contribution in [0.1, 0.15) is 17.5 Å². The van der Waals surface area contributed by atoms with Gasteiger partial charge in [0.25, 0.3) is 0 Å². The van der Waals surface area contributed by atoms with Gasteiger partial charge < -0.3 is 14.4 Å². The van der Waals surface area contributed by atoms with E-state index in [0.717, 1.165) is 39.1 Å². The van der Waals surface area contributed by atoms with E-state index >= 15 is 0 Å². The first-order valence-electron chi connectivity index (χ1n) is 8.99. The molecule has 0 aliphatic carbocycles. The number of amides is 1. The molecule has 0 saturated carbocycles. The monoisotopic (exact) mass is 330 g/mol. The van der Waals surface area contributed by atoms with E-state index in [4.69, 9.17) is 9.47 Å². The SMILES string of the molecule is Cc1ccc(CN2C[C@H]3C[C@H](C(=O)N4CCOCC4)[C@@H](C2)O3)cc1. The quantitative estimate of drug-likeness (QED) is 0.841. The first kappa shape index (κ1) is 16.1. The van der Waals surface area contributed by atoms with Crippen molar-refractivity contribution in [3.8, 4) is 0 Å². The summed E-state index contributed by atoms with van der Waals surface area (Å²) in [5.41, 5.74) is 2.62. The van der Waals surface area contributed by atoms with Gasteiger partial charge in [0, 0.05) is 32.7 Å². The normalized spacial score (nSPS) is 30.5. The maximum atomic E-state index is 12.8. The number of fused-ring (bicyclic) bond motifs is 2. The molecule has 1 aromatic carbocycles. The van der Waals surface area contributed by atoms with Gasteiger partial charge in [0.15, 0.2) is 0 Å². The van der Waals surface area contributed by atoms with Crippen molar-refractivity contribution in [2.75, 3.05) is 39.4 Å². The third-order valence-corrected chi connectivity index (χ3v) is 5.40. The fourth-order valence-electron chi connectivity index (χ4n) is 4.10. The predicted octanol–water partition coefficient (Wildman–Crippen LogP) is 1.44. The molecule has 3 saturated heterocycles. The van der Waals surface area contributed by atoms with Crippen molar-refractivity contribution in [2.45, 2.75) is 32.1 Å². The summed E-state index contributed by atoms with van der Waals surface area (Å²) in [5, 5.41) is 0. The summed E-state index contributed by atoms with van der Waals surface area (Å²) in [6.45, 7) is 7.59. The van der Waals surface area contributed by atoms with Gasteiger partial charge in [-0.15, -0.1) is 0 Å². The van der Waals surface area contributed by atoms with E-state index in [-0.39, 0.29) is 24.0 Å². The average Bonchev–Trinajstić information content (AvgIpc) is 2.91. The molecule has 1 aromatic rings. The smallest absolute Gasteiger partial charge is 0.228 e. The van der Waals surface area contributed by atoms with Crippen LogP contribution in [0, 0.1) is 12.8 Å². The second kappa shape index (κ2) is 6.82. The molecule has 0 aromatic heterocycles. The number of hydrogen-bond acceptors (Lipinski definition) is 4. The number of likely N-dealkylation sites (tertiary alicyclic amines) is 1. The van der Waals surface area contributed by atoms with Crippen molar-refractivity contribution in [3.63, 3.8) is 0 Å². The van der Waals surface area contributed by atoms with Crippen molar-refractivity contribution >= 4 is 5.91 Å². The molecule has 4 rings (SSSR count). The predicted molar refractivity (Wildman–Crippen MR) is 90.6 cm³/mol. The van der Waals surface area contributed by atoms with E-state index in [2.05, 4.69) is 36.1 Å². The number of nitrogens with zero attached hydrogens (tertiary/aromatic N) is 2. The van der Waals surface area contributed by atoms with Crippen LogP contribution in [-0.2, 0) is 20.8 Å². The number of morpholine rings is 2. The number of carbonyl (C=O) groups excluding carboxylic acids is 1. The van der Waals surface area contributed by atoms with Gasteiger partial charge >= 0.3 is 0 Å². The zero-order chi connectivity index (χ0) is 16.5. The molecule has 3 aliphatic heterocycles. The lowest BCUT2D eigenvalue weighted by atomic mass is 9.98. The van der Waals surface area contributed by atoms with E-state index in [1.807, 2.05) is 4.90 Å². The maximum Gasteiger partial charge on any atom is 0.228 e. The number of rotatable bonds is 3. The third kappa shape index (κ3) is 3.34. The first-order valence-corrected chi connectivity index (χ1v) is 8.99. The lowest BCUT2D eigenvalue weighted by Crippen LogP contribution is -2.48. The van der Waals surface area contributed by atoms with Gasteiger partial charge in [-0.1, -0.05) is 29.8 Å². The minimum Gasteiger partial charge on any atom is -0.378 e. The summed E-state index contributed by atoms with van der Waals surface area (Å²) in [7, 11) is 0. The first-order chi connectivity index (χ1) is 11.7. The Balaban J connectivity index is 1.38. The van der Waals surface area contributed by atoms with E-state index in [1.54, 1.807) is 0 Å². The Kier molecular flexibility index (Phi) is 4.57. The van der Waals surface area contributed by atoms with Crippen LogP contribution in [-0.4, -0.2) is 67.3 Å². The fourth-order valence-corrected chi connectivity index (χ4v) is 4.10. The summed E-state index contributed by atoms with van der Waals surface area (Å²) in [6, 6.07) is 8.72. The number of benzene rings is 1. The maximum absolute atomic E-state index is 12.8. The zero-order valence-corrected chi connectivity index (χ0v) is 14.3. The molecule has 5 nitrogen and oxygen atoms in total. The van der Waals surface area contributed by atoms with E-state index in [0.29, 0.717) is 13.2 Å². The Hall–Kier alpha value is -1.43. The van der Waals surface area contributed by atoms with Gasteiger partial charge in [0.05, 0.1) is 31.3 Å².